The van der Waals surface area contributed by atoms with E-state index < -0.39 is 9.84 Å². The fourth-order valence-electron chi connectivity index (χ4n) is 2.71. The zero-order chi connectivity index (χ0) is 14.0. The van der Waals surface area contributed by atoms with E-state index in [0.29, 0.717) is 6.42 Å². The predicted octanol–water partition coefficient (Wildman–Crippen LogP) is 1.39. The van der Waals surface area contributed by atoms with Crippen LogP contribution in [-0.4, -0.2) is 29.9 Å². The molecular formula is C13H21N3O2S. The molecule has 0 bridgehead atoms. The van der Waals surface area contributed by atoms with Gasteiger partial charge in [-0.1, -0.05) is 6.42 Å². The molecule has 0 amide bonds. The summed E-state index contributed by atoms with van der Waals surface area (Å²) in [6, 6.07) is -0.224. The van der Waals surface area contributed by atoms with Crippen LogP contribution in [0.4, 0.5) is 0 Å². The molecule has 2 rings (SSSR count). The highest BCUT2D eigenvalue weighted by Crippen LogP contribution is 2.34. The van der Waals surface area contributed by atoms with E-state index in [4.69, 9.17) is 5.73 Å². The standard InChI is InChI=1S/C13H21N3O2S/c1-9-7-16-12(8-15-9)13(14)10-4-3-5-11(6-10)19(2,17)18/h7-8,10-11,13H,3-6,14H2,1-2H3. The van der Waals surface area contributed by atoms with Crippen LogP contribution in [0, 0.1) is 12.8 Å². The summed E-state index contributed by atoms with van der Waals surface area (Å²) in [6.07, 6.45) is 7.97. The zero-order valence-electron chi connectivity index (χ0n) is 11.4. The van der Waals surface area contributed by atoms with Gasteiger partial charge >= 0.3 is 0 Å². The lowest BCUT2D eigenvalue weighted by Gasteiger charge is -2.31. The number of hydrogen-bond donors (Lipinski definition) is 1. The molecule has 1 aromatic heterocycles. The number of sulfone groups is 1. The predicted molar refractivity (Wildman–Crippen MR) is 74.3 cm³/mol. The molecule has 0 spiro atoms. The first-order valence-corrected chi connectivity index (χ1v) is 8.56. The number of hydrogen-bond acceptors (Lipinski definition) is 5. The van der Waals surface area contributed by atoms with E-state index >= 15 is 0 Å². The lowest BCUT2D eigenvalue weighted by atomic mass is 9.83. The third-order valence-corrected chi connectivity index (χ3v) is 5.56. The fraction of sp³-hybridized carbons (Fsp3) is 0.692. The van der Waals surface area contributed by atoms with Crippen LogP contribution in [0.5, 0.6) is 0 Å². The van der Waals surface area contributed by atoms with Gasteiger partial charge in [0.15, 0.2) is 0 Å². The average Bonchev–Trinajstić information content (AvgIpc) is 2.38. The molecule has 6 heteroatoms. The summed E-state index contributed by atoms with van der Waals surface area (Å²) in [6.45, 7) is 1.88. The van der Waals surface area contributed by atoms with Crippen molar-refractivity contribution in [3.8, 4) is 0 Å². The molecule has 0 saturated heterocycles. The second-order valence-corrected chi connectivity index (χ2v) is 7.81. The maximum Gasteiger partial charge on any atom is 0.150 e. The molecule has 5 nitrogen and oxygen atoms in total. The van der Waals surface area contributed by atoms with E-state index in [0.717, 1.165) is 30.7 Å². The van der Waals surface area contributed by atoms with Gasteiger partial charge in [0.05, 0.1) is 28.9 Å². The summed E-state index contributed by atoms with van der Waals surface area (Å²) in [7, 11) is -2.97. The summed E-state index contributed by atoms with van der Waals surface area (Å²) in [5.41, 5.74) is 7.84. The Labute approximate surface area is 114 Å². The largest absolute Gasteiger partial charge is 0.322 e. The molecule has 1 saturated carbocycles. The number of aryl methyl sites for hydroxylation is 1. The summed E-state index contributed by atoms with van der Waals surface area (Å²) < 4.78 is 23.3. The average molecular weight is 283 g/mol. The molecule has 1 heterocycles. The van der Waals surface area contributed by atoms with Crippen molar-refractivity contribution in [3.05, 3.63) is 23.8 Å². The van der Waals surface area contributed by atoms with Gasteiger partial charge in [-0.2, -0.15) is 0 Å². The van der Waals surface area contributed by atoms with Crippen molar-refractivity contribution in [2.75, 3.05) is 6.26 Å². The molecule has 1 fully saturated rings. The molecule has 106 valence electrons. The normalized spacial score (nSPS) is 26.1. The van der Waals surface area contributed by atoms with Gasteiger partial charge in [-0.15, -0.1) is 0 Å². The molecule has 1 aromatic rings. The fourth-order valence-corrected chi connectivity index (χ4v) is 3.90. The Hall–Kier alpha value is -1.01. The maximum atomic E-state index is 11.7. The summed E-state index contributed by atoms with van der Waals surface area (Å²) in [5, 5.41) is -0.254. The number of rotatable bonds is 3. The minimum atomic E-state index is -2.97. The van der Waals surface area contributed by atoms with E-state index in [9.17, 15) is 8.42 Å². The van der Waals surface area contributed by atoms with Gasteiger partial charge in [0.2, 0.25) is 0 Å². The molecular weight excluding hydrogens is 262 g/mol. The lowest BCUT2D eigenvalue weighted by molar-refractivity contribution is 0.305. The van der Waals surface area contributed by atoms with E-state index in [1.54, 1.807) is 12.4 Å². The van der Waals surface area contributed by atoms with E-state index in [-0.39, 0.29) is 17.2 Å². The van der Waals surface area contributed by atoms with Gasteiger partial charge in [0, 0.05) is 12.5 Å². The van der Waals surface area contributed by atoms with E-state index in [1.807, 2.05) is 6.92 Å². The van der Waals surface area contributed by atoms with Crippen LogP contribution in [0.3, 0.4) is 0 Å². The van der Waals surface area contributed by atoms with Crippen LogP contribution in [0.15, 0.2) is 12.4 Å². The first-order chi connectivity index (χ1) is 8.88. The molecule has 19 heavy (non-hydrogen) atoms. The van der Waals surface area contributed by atoms with Crippen LogP contribution < -0.4 is 5.73 Å². The van der Waals surface area contributed by atoms with Crippen molar-refractivity contribution in [3.63, 3.8) is 0 Å². The Morgan fingerprint density at radius 2 is 2.05 bits per heavy atom. The van der Waals surface area contributed by atoms with Crippen molar-refractivity contribution in [1.82, 2.24) is 9.97 Å². The summed E-state index contributed by atoms with van der Waals surface area (Å²) >= 11 is 0. The quantitative estimate of drug-likeness (QED) is 0.906. The summed E-state index contributed by atoms with van der Waals surface area (Å²) in [5.74, 6) is 0.172. The van der Waals surface area contributed by atoms with Crippen molar-refractivity contribution in [2.45, 2.75) is 43.9 Å². The third-order valence-electron chi connectivity index (χ3n) is 3.92. The van der Waals surface area contributed by atoms with Gasteiger partial charge in [-0.05, 0) is 32.1 Å². The smallest absolute Gasteiger partial charge is 0.150 e. The topological polar surface area (TPSA) is 85.9 Å². The first-order valence-electron chi connectivity index (χ1n) is 6.61. The van der Waals surface area contributed by atoms with Crippen molar-refractivity contribution < 1.29 is 8.42 Å². The minimum absolute atomic E-state index is 0.172. The summed E-state index contributed by atoms with van der Waals surface area (Å²) in [4.78, 5) is 8.51. The zero-order valence-corrected chi connectivity index (χ0v) is 12.2. The van der Waals surface area contributed by atoms with Gasteiger partial charge in [-0.3, -0.25) is 9.97 Å². The molecule has 3 unspecified atom stereocenters. The Bertz CT molecular complexity index is 527. The highest BCUT2D eigenvalue weighted by molar-refractivity contribution is 7.91. The Morgan fingerprint density at radius 3 is 2.63 bits per heavy atom. The van der Waals surface area contributed by atoms with Gasteiger partial charge in [0.25, 0.3) is 0 Å². The number of nitrogens with zero attached hydrogens (tertiary/aromatic N) is 2. The Morgan fingerprint density at radius 1 is 1.32 bits per heavy atom. The Kier molecular flexibility index (Phi) is 4.20. The molecule has 0 radical (unpaired) electrons. The number of nitrogens with two attached hydrogens (primary N) is 1. The molecule has 0 aromatic carbocycles. The van der Waals surface area contributed by atoms with Crippen LogP contribution in [0.25, 0.3) is 0 Å². The molecule has 3 atom stereocenters. The van der Waals surface area contributed by atoms with Gasteiger partial charge < -0.3 is 5.73 Å². The number of aromatic nitrogens is 2. The Balaban J connectivity index is 2.11. The first kappa shape index (κ1) is 14.4. The van der Waals surface area contributed by atoms with Crippen molar-refractivity contribution >= 4 is 9.84 Å². The SMILES string of the molecule is Cc1cnc(C(N)C2CCCC(S(C)(=O)=O)C2)cn1. The molecule has 0 aliphatic heterocycles. The molecule has 2 N–H and O–H groups in total. The van der Waals surface area contributed by atoms with Crippen LogP contribution in [0.1, 0.15) is 43.1 Å². The minimum Gasteiger partial charge on any atom is -0.322 e. The monoisotopic (exact) mass is 283 g/mol. The second-order valence-electron chi connectivity index (χ2n) is 5.49. The third kappa shape index (κ3) is 3.51. The van der Waals surface area contributed by atoms with Crippen LogP contribution in [-0.2, 0) is 9.84 Å². The van der Waals surface area contributed by atoms with Crippen LogP contribution in [0.2, 0.25) is 0 Å². The highest BCUT2D eigenvalue weighted by atomic mass is 32.2. The molecule has 1 aliphatic rings. The van der Waals surface area contributed by atoms with E-state index in [1.165, 1.54) is 6.26 Å². The lowest BCUT2D eigenvalue weighted by Crippen LogP contribution is -2.33. The second kappa shape index (κ2) is 5.54. The maximum absolute atomic E-state index is 11.7. The van der Waals surface area contributed by atoms with Crippen LogP contribution >= 0.6 is 0 Å². The molecule has 1 aliphatic carbocycles. The van der Waals surface area contributed by atoms with Crippen molar-refractivity contribution in [1.29, 1.82) is 0 Å². The van der Waals surface area contributed by atoms with Gasteiger partial charge in [0.1, 0.15) is 9.84 Å². The van der Waals surface area contributed by atoms with Crippen molar-refractivity contribution in [2.24, 2.45) is 11.7 Å². The van der Waals surface area contributed by atoms with E-state index in [2.05, 4.69) is 9.97 Å². The van der Waals surface area contributed by atoms with Gasteiger partial charge in [-0.25, -0.2) is 8.42 Å². The highest BCUT2D eigenvalue weighted by Gasteiger charge is 2.32.